The minimum Gasteiger partial charge on any atom is -0.353 e. The number of hydrogen-bond acceptors (Lipinski definition) is 3. The van der Waals surface area contributed by atoms with Gasteiger partial charge in [-0.1, -0.05) is 6.92 Å². The van der Waals surface area contributed by atoms with Gasteiger partial charge in [0, 0.05) is 19.5 Å². The van der Waals surface area contributed by atoms with Crippen LogP contribution in [0.1, 0.15) is 20.3 Å². The Bertz CT molecular complexity index is 182. The molecule has 0 bridgehead atoms. The van der Waals surface area contributed by atoms with Crippen molar-refractivity contribution in [1.29, 1.82) is 0 Å². The monoisotopic (exact) mass is 187 g/mol. The van der Waals surface area contributed by atoms with Crippen molar-refractivity contribution in [3.8, 4) is 0 Å². The SMILES string of the molecule is CCC(N)CNC(=O)CNC(C)=O. The summed E-state index contributed by atoms with van der Waals surface area (Å²) in [4.78, 5) is 21.4. The van der Waals surface area contributed by atoms with Crippen molar-refractivity contribution in [2.45, 2.75) is 26.3 Å². The van der Waals surface area contributed by atoms with Crippen molar-refractivity contribution in [3.63, 3.8) is 0 Å². The molecule has 1 atom stereocenters. The maximum atomic E-state index is 11.0. The van der Waals surface area contributed by atoms with E-state index in [1.807, 2.05) is 6.92 Å². The second kappa shape index (κ2) is 6.42. The van der Waals surface area contributed by atoms with Gasteiger partial charge in [-0.15, -0.1) is 0 Å². The molecule has 5 nitrogen and oxygen atoms in total. The van der Waals surface area contributed by atoms with Crippen LogP contribution >= 0.6 is 0 Å². The Morgan fingerprint density at radius 1 is 1.38 bits per heavy atom. The molecular weight excluding hydrogens is 170 g/mol. The molecule has 0 rings (SSSR count). The summed E-state index contributed by atoms with van der Waals surface area (Å²) in [6, 6.07) is -0.0127. The second-order valence-corrected chi connectivity index (χ2v) is 2.88. The van der Waals surface area contributed by atoms with Gasteiger partial charge in [0.1, 0.15) is 0 Å². The van der Waals surface area contributed by atoms with Crippen molar-refractivity contribution in [2.24, 2.45) is 5.73 Å². The number of amides is 2. The number of carbonyl (C=O) groups excluding carboxylic acids is 2. The maximum absolute atomic E-state index is 11.0. The van der Waals surface area contributed by atoms with Crippen molar-refractivity contribution in [2.75, 3.05) is 13.1 Å². The van der Waals surface area contributed by atoms with Crippen molar-refractivity contribution in [1.82, 2.24) is 10.6 Å². The van der Waals surface area contributed by atoms with Gasteiger partial charge in [-0.2, -0.15) is 0 Å². The van der Waals surface area contributed by atoms with Crippen molar-refractivity contribution in [3.05, 3.63) is 0 Å². The van der Waals surface area contributed by atoms with Gasteiger partial charge in [-0.3, -0.25) is 9.59 Å². The Hall–Kier alpha value is -1.10. The zero-order valence-corrected chi connectivity index (χ0v) is 8.09. The number of hydrogen-bond donors (Lipinski definition) is 3. The Balaban J connectivity index is 3.46. The third-order valence-electron chi connectivity index (χ3n) is 1.58. The van der Waals surface area contributed by atoms with Gasteiger partial charge in [-0.25, -0.2) is 0 Å². The highest BCUT2D eigenvalue weighted by Gasteiger charge is 2.03. The van der Waals surface area contributed by atoms with E-state index in [1.54, 1.807) is 0 Å². The first-order valence-corrected chi connectivity index (χ1v) is 4.33. The van der Waals surface area contributed by atoms with Gasteiger partial charge in [0.15, 0.2) is 0 Å². The predicted octanol–water partition coefficient (Wildman–Crippen LogP) is -1.02. The van der Waals surface area contributed by atoms with Gasteiger partial charge in [0.05, 0.1) is 6.54 Å². The van der Waals surface area contributed by atoms with Crippen LogP contribution in [0.2, 0.25) is 0 Å². The molecule has 0 radical (unpaired) electrons. The Kier molecular flexibility index (Phi) is 5.88. The zero-order chi connectivity index (χ0) is 10.3. The number of nitrogens with two attached hydrogens (primary N) is 1. The lowest BCUT2D eigenvalue weighted by molar-refractivity contribution is -0.125. The first kappa shape index (κ1) is 11.9. The molecule has 0 fully saturated rings. The zero-order valence-electron chi connectivity index (χ0n) is 8.09. The molecule has 0 heterocycles. The van der Waals surface area contributed by atoms with Gasteiger partial charge in [0.25, 0.3) is 0 Å². The highest BCUT2D eigenvalue weighted by Crippen LogP contribution is 1.81. The molecule has 0 aromatic rings. The Morgan fingerprint density at radius 2 is 2.00 bits per heavy atom. The van der Waals surface area contributed by atoms with E-state index in [0.29, 0.717) is 6.54 Å². The summed E-state index contributed by atoms with van der Waals surface area (Å²) in [6.07, 6.45) is 0.820. The third kappa shape index (κ3) is 7.27. The molecule has 4 N–H and O–H groups in total. The summed E-state index contributed by atoms with van der Waals surface area (Å²) in [7, 11) is 0. The van der Waals surface area contributed by atoms with Crippen LogP contribution in [0, 0.1) is 0 Å². The lowest BCUT2D eigenvalue weighted by Gasteiger charge is -2.10. The summed E-state index contributed by atoms with van der Waals surface area (Å²) in [5, 5.41) is 5.01. The summed E-state index contributed by atoms with van der Waals surface area (Å²) in [5.74, 6) is -0.422. The van der Waals surface area contributed by atoms with Gasteiger partial charge in [0.2, 0.25) is 11.8 Å². The summed E-state index contributed by atoms with van der Waals surface area (Å²) < 4.78 is 0. The predicted molar refractivity (Wildman–Crippen MR) is 50.0 cm³/mol. The summed E-state index contributed by atoms with van der Waals surface area (Å²) in [5.41, 5.74) is 5.58. The van der Waals surface area contributed by atoms with E-state index in [0.717, 1.165) is 6.42 Å². The molecule has 13 heavy (non-hydrogen) atoms. The minimum absolute atomic E-state index is 0.0127. The molecule has 0 aliphatic rings. The molecule has 0 aromatic heterocycles. The van der Waals surface area contributed by atoms with E-state index in [9.17, 15) is 9.59 Å². The maximum Gasteiger partial charge on any atom is 0.239 e. The number of rotatable bonds is 5. The molecule has 0 aliphatic carbocycles. The van der Waals surface area contributed by atoms with Crippen molar-refractivity contribution >= 4 is 11.8 Å². The van der Waals surface area contributed by atoms with E-state index >= 15 is 0 Å². The molecule has 76 valence electrons. The van der Waals surface area contributed by atoms with Gasteiger partial charge < -0.3 is 16.4 Å². The standard InChI is InChI=1S/C8H17N3O2/c1-3-7(9)4-11-8(13)5-10-6(2)12/h7H,3-5,9H2,1-2H3,(H,10,12)(H,11,13). The molecule has 1 unspecified atom stereocenters. The van der Waals surface area contributed by atoms with Crippen LogP contribution in [0.25, 0.3) is 0 Å². The van der Waals surface area contributed by atoms with Crippen LogP contribution in [0.5, 0.6) is 0 Å². The van der Waals surface area contributed by atoms with Crippen LogP contribution in [0.4, 0.5) is 0 Å². The first-order chi connectivity index (χ1) is 6.06. The average molecular weight is 187 g/mol. The minimum atomic E-state index is -0.213. The lowest BCUT2D eigenvalue weighted by Crippen LogP contribution is -2.41. The molecule has 5 heteroatoms. The quantitative estimate of drug-likeness (QED) is 0.515. The highest BCUT2D eigenvalue weighted by molar-refractivity contribution is 5.83. The Morgan fingerprint density at radius 3 is 2.46 bits per heavy atom. The van der Waals surface area contributed by atoms with Crippen LogP contribution in [-0.2, 0) is 9.59 Å². The fraction of sp³-hybridized carbons (Fsp3) is 0.750. The van der Waals surface area contributed by atoms with Crippen LogP contribution in [-0.4, -0.2) is 30.9 Å². The highest BCUT2D eigenvalue weighted by atomic mass is 16.2. The molecule has 0 spiro atoms. The fourth-order valence-corrected chi connectivity index (χ4v) is 0.657. The molecule has 0 aliphatic heterocycles. The van der Waals surface area contributed by atoms with Gasteiger partial charge >= 0.3 is 0 Å². The smallest absolute Gasteiger partial charge is 0.239 e. The average Bonchev–Trinajstić information content (AvgIpc) is 2.10. The third-order valence-corrected chi connectivity index (χ3v) is 1.58. The lowest BCUT2D eigenvalue weighted by atomic mass is 10.2. The van der Waals surface area contributed by atoms with Crippen LogP contribution < -0.4 is 16.4 Å². The Labute approximate surface area is 78.1 Å². The first-order valence-electron chi connectivity index (χ1n) is 4.33. The van der Waals surface area contributed by atoms with E-state index in [1.165, 1.54) is 6.92 Å². The topological polar surface area (TPSA) is 84.2 Å². The second-order valence-electron chi connectivity index (χ2n) is 2.88. The number of nitrogens with one attached hydrogen (secondary N) is 2. The fourth-order valence-electron chi connectivity index (χ4n) is 0.657. The summed E-state index contributed by atoms with van der Waals surface area (Å²) >= 11 is 0. The molecule has 0 saturated heterocycles. The van der Waals surface area contributed by atoms with Crippen LogP contribution in [0.3, 0.4) is 0 Å². The van der Waals surface area contributed by atoms with E-state index in [4.69, 9.17) is 5.73 Å². The largest absolute Gasteiger partial charge is 0.353 e. The van der Waals surface area contributed by atoms with Gasteiger partial charge in [-0.05, 0) is 6.42 Å². The van der Waals surface area contributed by atoms with Crippen molar-refractivity contribution < 1.29 is 9.59 Å². The van der Waals surface area contributed by atoms with Crippen LogP contribution in [0.15, 0.2) is 0 Å². The molecule has 2 amide bonds. The number of carbonyl (C=O) groups is 2. The molecule has 0 saturated carbocycles. The van der Waals surface area contributed by atoms with E-state index in [-0.39, 0.29) is 24.4 Å². The molecular formula is C8H17N3O2. The summed E-state index contributed by atoms with van der Waals surface area (Å²) in [6.45, 7) is 3.79. The normalized spacial score (nSPS) is 11.9. The van der Waals surface area contributed by atoms with E-state index < -0.39 is 0 Å². The van der Waals surface area contributed by atoms with E-state index in [2.05, 4.69) is 10.6 Å². The molecule has 0 aromatic carbocycles.